The minimum Gasteiger partial charge on any atom is -0.507 e. The number of aromatic hydroxyl groups is 2. The van der Waals surface area contributed by atoms with Gasteiger partial charge in [0.2, 0.25) is 0 Å². The molecule has 1 aliphatic heterocycles. The zero-order chi connectivity index (χ0) is 22.3. The van der Waals surface area contributed by atoms with Crippen molar-refractivity contribution >= 4 is 28.8 Å². The number of phenols is 2. The number of carbonyl (C=O) groups is 2. The molecule has 1 amide bonds. The first-order valence-corrected chi connectivity index (χ1v) is 9.94. The molecule has 4 rings (SSSR count). The first kappa shape index (κ1) is 20.5. The molecule has 1 aromatic heterocycles. The van der Waals surface area contributed by atoms with Crippen molar-refractivity contribution in [1.82, 2.24) is 4.90 Å². The summed E-state index contributed by atoms with van der Waals surface area (Å²) in [6, 6.07) is 8.79. The summed E-state index contributed by atoms with van der Waals surface area (Å²) in [7, 11) is 0. The van der Waals surface area contributed by atoms with E-state index in [2.05, 4.69) is 0 Å². The summed E-state index contributed by atoms with van der Waals surface area (Å²) >= 11 is 1.36. The van der Waals surface area contributed by atoms with Gasteiger partial charge in [-0.05, 0) is 47.3 Å². The van der Waals surface area contributed by atoms with E-state index in [1.807, 2.05) is 0 Å². The summed E-state index contributed by atoms with van der Waals surface area (Å²) in [5.41, 5.74) is -0.270. The Labute approximate surface area is 178 Å². The highest BCUT2D eigenvalue weighted by Crippen LogP contribution is 2.42. The molecular weight excluding hydrogens is 428 g/mol. The van der Waals surface area contributed by atoms with Crippen LogP contribution in [0, 0.1) is 11.6 Å². The molecule has 1 unspecified atom stereocenters. The van der Waals surface area contributed by atoms with E-state index in [9.17, 15) is 33.7 Å². The molecule has 0 bridgehead atoms. The lowest BCUT2D eigenvalue weighted by atomic mass is 9.95. The van der Waals surface area contributed by atoms with E-state index < -0.39 is 46.6 Å². The van der Waals surface area contributed by atoms with Gasteiger partial charge in [-0.2, -0.15) is 0 Å². The van der Waals surface area contributed by atoms with Crippen molar-refractivity contribution in [2.75, 3.05) is 0 Å². The number of carbonyl (C=O) groups excluding carboxylic acids is 2. The Balaban J connectivity index is 1.90. The second-order valence-electron chi connectivity index (χ2n) is 6.88. The molecule has 3 N–H and O–H groups in total. The van der Waals surface area contributed by atoms with Crippen molar-refractivity contribution in [1.29, 1.82) is 0 Å². The molecule has 2 aromatic carbocycles. The fraction of sp³-hybridized carbons (Fsp3) is 0.0909. The molecule has 9 heteroatoms. The highest BCUT2D eigenvalue weighted by atomic mass is 32.1. The minimum absolute atomic E-state index is 0.0447. The van der Waals surface area contributed by atoms with Crippen molar-refractivity contribution in [2.24, 2.45) is 0 Å². The average molecular weight is 443 g/mol. The van der Waals surface area contributed by atoms with Crippen LogP contribution in [0.4, 0.5) is 8.78 Å². The van der Waals surface area contributed by atoms with Gasteiger partial charge in [-0.3, -0.25) is 9.59 Å². The van der Waals surface area contributed by atoms with E-state index in [0.29, 0.717) is 0 Å². The summed E-state index contributed by atoms with van der Waals surface area (Å²) in [5.74, 6) is -5.81. The number of rotatable bonds is 4. The lowest BCUT2D eigenvalue weighted by molar-refractivity contribution is -0.140. The second-order valence-corrected chi connectivity index (χ2v) is 7.92. The number of aliphatic hydroxyl groups excluding tert-OH is 1. The molecule has 158 valence electrons. The Kier molecular flexibility index (Phi) is 5.20. The van der Waals surface area contributed by atoms with Gasteiger partial charge in [0.05, 0.1) is 18.2 Å². The lowest BCUT2D eigenvalue weighted by Gasteiger charge is -2.25. The SMILES string of the molecule is O=C1C(=O)N(Cc2cccs2)C(c2ccc(O)c(O)c2)/C1=C(\O)c1ccc(F)c(F)c1. The predicted molar refractivity (Wildman–Crippen MR) is 108 cm³/mol. The molecule has 1 atom stereocenters. The number of likely N-dealkylation sites (tertiary alicyclic amines) is 1. The Morgan fingerprint density at radius 3 is 2.42 bits per heavy atom. The molecule has 0 spiro atoms. The van der Waals surface area contributed by atoms with Crippen molar-refractivity contribution in [3.05, 3.63) is 87.1 Å². The summed E-state index contributed by atoms with van der Waals surface area (Å²) in [4.78, 5) is 27.7. The van der Waals surface area contributed by atoms with Crippen LogP contribution in [0.3, 0.4) is 0 Å². The third-order valence-corrected chi connectivity index (χ3v) is 5.82. The summed E-state index contributed by atoms with van der Waals surface area (Å²) < 4.78 is 27.0. The molecule has 1 fully saturated rings. The number of ketones is 1. The maximum Gasteiger partial charge on any atom is 0.295 e. The maximum atomic E-state index is 13.7. The van der Waals surface area contributed by atoms with E-state index in [1.54, 1.807) is 17.5 Å². The van der Waals surface area contributed by atoms with E-state index in [4.69, 9.17) is 0 Å². The maximum absolute atomic E-state index is 13.7. The lowest BCUT2D eigenvalue weighted by Crippen LogP contribution is -2.28. The van der Waals surface area contributed by atoms with Crippen molar-refractivity contribution < 1.29 is 33.7 Å². The molecule has 3 aromatic rings. The summed E-state index contributed by atoms with van der Waals surface area (Å²) in [5, 5.41) is 32.2. The topological polar surface area (TPSA) is 98.1 Å². The molecule has 6 nitrogen and oxygen atoms in total. The van der Waals surface area contributed by atoms with Crippen LogP contribution in [0.15, 0.2) is 59.5 Å². The van der Waals surface area contributed by atoms with Gasteiger partial charge in [-0.1, -0.05) is 12.1 Å². The smallest absolute Gasteiger partial charge is 0.295 e. The van der Waals surface area contributed by atoms with Gasteiger partial charge in [-0.15, -0.1) is 11.3 Å². The van der Waals surface area contributed by atoms with Crippen molar-refractivity contribution in [2.45, 2.75) is 12.6 Å². The van der Waals surface area contributed by atoms with Crippen LogP contribution < -0.4 is 0 Å². The van der Waals surface area contributed by atoms with E-state index in [0.717, 1.165) is 23.1 Å². The number of Topliss-reactive ketones (excluding diaryl/α,β-unsaturated/α-hetero) is 1. The molecule has 1 saturated heterocycles. The van der Waals surface area contributed by atoms with E-state index >= 15 is 0 Å². The number of amides is 1. The molecule has 31 heavy (non-hydrogen) atoms. The minimum atomic E-state index is -1.23. The molecular formula is C22H15F2NO5S. The molecule has 0 aliphatic carbocycles. The predicted octanol–water partition coefficient (Wildman–Crippen LogP) is 4.06. The first-order chi connectivity index (χ1) is 14.8. The molecule has 1 aliphatic rings. The Bertz CT molecular complexity index is 1220. The zero-order valence-electron chi connectivity index (χ0n) is 15.8. The van der Waals surface area contributed by atoms with Gasteiger partial charge in [0.1, 0.15) is 5.76 Å². The largest absolute Gasteiger partial charge is 0.507 e. The van der Waals surface area contributed by atoms with Gasteiger partial charge in [0, 0.05) is 10.4 Å². The first-order valence-electron chi connectivity index (χ1n) is 9.06. The third-order valence-electron chi connectivity index (χ3n) is 4.95. The Hall–Kier alpha value is -3.72. The van der Waals surface area contributed by atoms with Gasteiger partial charge in [0.25, 0.3) is 11.7 Å². The third kappa shape index (κ3) is 3.64. The highest BCUT2D eigenvalue weighted by molar-refractivity contribution is 7.09. The fourth-order valence-electron chi connectivity index (χ4n) is 3.47. The average Bonchev–Trinajstić information content (AvgIpc) is 3.34. The molecule has 0 radical (unpaired) electrons. The van der Waals surface area contributed by atoms with Crippen LogP contribution in [0.1, 0.15) is 22.0 Å². The summed E-state index contributed by atoms with van der Waals surface area (Å²) in [6.07, 6.45) is 0. The van der Waals surface area contributed by atoms with Gasteiger partial charge in [0.15, 0.2) is 23.1 Å². The second kappa shape index (κ2) is 7.84. The highest BCUT2D eigenvalue weighted by Gasteiger charge is 2.46. The number of aliphatic hydroxyl groups is 1. The standard InChI is InChI=1S/C22H15F2NO5S/c23-14-5-3-12(8-15(14)24)20(28)18-19(11-4-6-16(26)17(27)9-11)25(22(30)21(18)29)10-13-2-1-7-31-13/h1-9,19,26-28H,10H2/b20-18+. The quantitative estimate of drug-likeness (QED) is 0.245. The van der Waals surface area contributed by atoms with Gasteiger partial charge < -0.3 is 20.2 Å². The van der Waals surface area contributed by atoms with Crippen LogP contribution in [0.2, 0.25) is 0 Å². The monoisotopic (exact) mass is 443 g/mol. The van der Waals surface area contributed by atoms with Gasteiger partial charge in [-0.25, -0.2) is 8.78 Å². The molecule has 0 saturated carbocycles. The number of halogens is 2. The normalized spacial score (nSPS) is 18.0. The van der Waals surface area contributed by atoms with Crippen LogP contribution in [-0.2, 0) is 16.1 Å². The van der Waals surface area contributed by atoms with Crippen LogP contribution >= 0.6 is 11.3 Å². The van der Waals surface area contributed by atoms with Crippen molar-refractivity contribution in [3.8, 4) is 11.5 Å². The van der Waals surface area contributed by atoms with Crippen molar-refractivity contribution in [3.63, 3.8) is 0 Å². The summed E-state index contributed by atoms with van der Waals surface area (Å²) in [6.45, 7) is 0.0447. The number of phenolic OH excluding ortho intramolecular Hbond substituents is 2. The van der Waals surface area contributed by atoms with E-state index in [1.165, 1.54) is 34.4 Å². The zero-order valence-corrected chi connectivity index (χ0v) is 16.6. The van der Waals surface area contributed by atoms with Gasteiger partial charge >= 0.3 is 0 Å². The fourth-order valence-corrected chi connectivity index (χ4v) is 4.17. The van der Waals surface area contributed by atoms with Crippen LogP contribution in [0.5, 0.6) is 11.5 Å². The number of hydrogen-bond donors (Lipinski definition) is 3. The Morgan fingerprint density at radius 1 is 1.00 bits per heavy atom. The number of hydrogen-bond acceptors (Lipinski definition) is 6. The number of benzene rings is 2. The number of nitrogens with zero attached hydrogens (tertiary/aromatic N) is 1. The van der Waals surface area contributed by atoms with Crippen LogP contribution in [0.25, 0.3) is 5.76 Å². The number of thiophene rings is 1. The van der Waals surface area contributed by atoms with Crippen LogP contribution in [-0.4, -0.2) is 31.9 Å². The Morgan fingerprint density at radius 2 is 1.77 bits per heavy atom. The molecule has 2 heterocycles. The van der Waals surface area contributed by atoms with E-state index in [-0.39, 0.29) is 23.2 Å².